The monoisotopic (exact) mass is 306 g/mol. The fourth-order valence-corrected chi connectivity index (χ4v) is 2.17. The summed E-state index contributed by atoms with van der Waals surface area (Å²) < 4.78 is 0. The highest BCUT2D eigenvalue weighted by Gasteiger charge is 2.15. The minimum atomic E-state index is -0.537. The molecule has 0 aromatic heterocycles. The van der Waals surface area contributed by atoms with Crippen molar-refractivity contribution in [2.24, 2.45) is 5.92 Å². The maximum absolute atomic E-state index is 12.3. The molecule has 2 amide bonds. The molecular formula is C17H26N2O3. The maximum atomic E-state index is 12.3. The molecule has 0 spiro atoms. The second kappa shape index (κ2) is 9.20. The molecule has 0 aliphatic heterocycles. The van der Waals surface area contributed by atoms with Crippen LogP contribution in [0.25, 0.3) is 0 Å². The van der Waals surface area contributed by atoms with Gasteiger partial charge in [-0.05, 0) is 30.0 Å². The van der Waals surface area contributed by atoms with Crippen LogP contribution in [0.3, 0.4) is 0 Å². The summed E-state index contributed by atoms with van der Waals surface area (Å²) in [5, 5.41) is 8.60. The Balaban J connectivity index is 2.75. The number of unbranched alkanes of at least 4 members (excludes halogenated alkanes) is 1. The van der Waals surface area contributed by atoms with Crippen LogP contribution < -0.4 is 5.48 Å². The molecule has 2 N–H and O–H groups in total. The summed E-state index contributed by atoms with van der Waals surface area (Å²) in [7, 11) is 0. The van der Waals surface area contributed by atoms with Crippen LogP contribution >= 0.6 is 0 Å². The molecule has 122 valence electrons. The van der Waals surface area contributed by atoms with E-state index in [2.05, 4.69) is 6.92 Å². The summed E-state index contributed by atoms with van der Waals surface area (Å²) in [5.41, 5.74) is 2.97. The number of benzene rings is 1. The fourth-order valence-electron chi connectivity index (χ4n) is 2.17. The van der Waals surface area contributed by atoms with Crippen LogP contribution in [0.15, 0.2) is 24.3 Å². The lowest BCUT2D eigenvalue weighted by Crippen LogP contribution is -2.32. The van der Waals surface area contributed by atoms with Gasteiger partial charge in [-0.2, -0.15) is 0 Å². The van der Waals surface area contributed by atoms with E-state index >= 15 is 0 Å². The first-order chi connectivity index (χ1) is 10.5. The lowest BCUT2D eigenvalue weighted by Gasteiger charge is -2.23. The van der Waals surface area contributed by atoms with Crippen molar-refractivity contribution in [2.75, 3.05) is 6.54 Å². The zero-order chi connectivity index (χ0) is 16.5. The number of carbonyl (C=O) groups excluding carboxylic acids is 2. The molecule has 1 rings (SSSR count). The molecule has 5 nitrogen and oxygen atoms in total. The van der Waals surface area contributed by atoms with Crippen molar-refractivity contribution in [3.63, 3.8) is 0 Å². The number of amides is 2. The summed E-state index contributed by atoms with van der Waals surface area (Å²) >= 11 is 0. The normalized spacial score (nSPS) is 10.6. The number of nitrogens with one attached hydrogen (secondary N) is 1. The standard InChI is InChI=1S/C17H26N2O3/c1-4-5-10-19(16(20)11-13(2)3)12-14-6-8-15(9-7-14)17(21)18-22/h6-9,13,22H,4-5,10-12H2,1-3H3,(H,18,21). The van der Waals surface area contributed by atoms with Crippen LogP contribution in [-0.2, 0) is 11.3 Å². The van der Waals surface area contributed by atoms with Gasteiger partial charge in [0.2, 0.25) is 5.91 Å². The highest BCUT2D eigenvalue weighted by molar-refractivity contribution is 5.93. The molecule has 0 heterocycles. The van der Waals surface area contributed by atoms with Crippen LogP contribution in [0, 0.1) is 5.92 Å². The van der Waals surface area contributed by atoms with E-state index in [0.717, 1.165) is 24.9 Å². The lowest BCUT2D eigenvalue weighted by molar-refractivity contribution is -0.132. The molecule has 0 bridgehead atoms. The zero-order valence-electron chi connectivity index (χ0n) is 13.6. The summed E-state index contributed by atoms with van der Waals surface area (Å²) in [4.78, 5) is 25.5. The minimum absolute atomic E-state index is 0.167. The largest absolute Gasteiger partial charge is 0.338 e. The van der Waals surface area contributed by atoms with Gasteiger partial charge in [0.15, 0.2) is 0 Å². The molecular weight excluding hydrogens is 280 g/mol. The third kappa shape index (κ3) is 5.85. The predicted molar refractivity (Wildman–Crippen MR) is 85.5 cm³/mol. The summed E-state index contributed by atoms with van der Waals surface area (Å²) in [6.45, 7) is 7.48. The molecule has 5 heteroatoms. The van der Waals surface area contributed by atoms with Crippen molar-refractivity contribution in [1.82, 2.24) is 10.4 Å². The highest BCUT2D eigenvalue weighted by atomic mass is 16.5. The Hall–Kier alpha value is -1.88. The highest BCUT2D eigenvalue weighted by Crippen LogP contribution is 2.12. The molecule has 0 saturated heterocycles. The molecule has 1 aromatic rings. The Morgan fingerprint density at radius 1 is 1.23 bits per heavy atom. The number of hydroxylamine groups is 1. The topological polar surface area (TPSA) is 69.6 Å². The van der Waals surface area contributed by atoms with Gasteiger partial charge in [0.25, 0.3) is 5.91 Å². The number of carbonyl (C=O) groups is 2. The maximum Gasteiger partial charge on any atom is 0.274 e. The second-order valence-electron chi connectivity index (χ2n) is 5.90. The Morgan fingerprint density at radius 3 is 2.36 bits per heavy atom. The number of rotatable bonds is 8. The Kier molecular flexibility index (Phi) is 7.60. The molecule has 0 fully saturated rings. The average molecular weight is 306 g/mol. The molecule has 0 atom stereocenters. The van der Waals surface area contributed by atoms with E-state index in [4.69, 9.17) is 5.21 Å². The van der Waals surface area contributed by atoms with Crippen LogP contribution in [0.1, 0.15) is 56.0 Å². The number of nitrogens with zero attached hydrogens (tertiary/aromatic N) is 1. The molecule has 0 aliphatic rings. The van der Waals surface area contributed by atoms with E-state index in [1.165, 1.54) is 0 Å². The molecule has 1 aromatic carbocycles. The fraction of sp³-hybridized carbons (Fsp3) is 0.529. The van der Waals surface area contributed by atoms with Gasteiger partial charge in [-0.3, -0.25) is 14.8 Å². The van der Waals surface area contributed by atoms with Gasteiger partial charge in [-0.1, -0.05) is 39.3 Å². The van der Waals surface area contributed by atoms with Crippen LogP contribution in [0.5, 0.6) is 0 Å². The zero-order valence-corrected chi connectivity index (χ0v) is 13.6. The number of hydrogen-bond donors (Lipinski definition) is 2. The summed E-state index contributed by atoms with van der Waals surface area (Å²) in [5.74, 6) is -0.0295. The van der Waals surface area contributed by atoms with Crippen LogP contribution in [0.2, 0.25) is 0 Å². The summed E-state index contributed by atoms with van der Waals surface area (Å²) in [6, 6.07) is 6.91. The van der Waals surface area contributed by atoms with Crippen LogP contribution in [0.4, 0.5) is 0 Å². The first kappa shape index (κ1) is 18.2. The average Bonchev–Trinajstić information content (AvgIpc) is 2.50. The SMILES string of the molecule is CCCCN(Cc1ccc(C(=O)NO)cc1)C(=O)CC(C)C. The molecule has 0 unspecified atom stereocenters. The summed E-state index contributed by atoms with van der Waals surface area (Å²) in [6.07, 6.45) is 2.57. The first-order valence-electron chi connectivity index (χ1n) is 7.79. The van der Waals surface area contributed by atoms with Crippen molar-refractivity contribution in [1.29, 1.82) is 0 Å². The Morgan fingerprint density at radius 2 is 1.86 bits per heavy atom. The quantitative estimate of drug-likeness (QED) is 0.573. The van der Waals surface area contributed by atoms with E-state index in [1.54, 1.807) is 17.6 Å². The van der Waals surface area contributed by atoms with Gasteiger partial charge >= 0.3 is 0 Å². The Bertz CT molecular complexity index is 483. The second-order valence-corrected chi connectivity index (χ2v) is 5.90. The smallest absolute Gasteiger partial charge is 0.274 e. The number of hydrogen-bond acceptors (Lipinski definition) is 3. The minimum Gasteiger partial charge on any atom is -0.338 e. The first-order valence-corrected chi connectivity index (χ1v) is 7.79. The van der Waals surface area contributed by atoms with Crippen molar-refractivity contribution < 1.29 is 14.8 Å². The van der Waals surface area contributed by atoms with Gasteiger partial charge in [-0.15, -0.1) is 0 Å². The van der Waals surface area contributed by atoms with Gasteiger partial charge in [0.05, 0.1) is 0 Å². The van der Waals surface area contributed by atoms with Gasteiger partial charge < -0.3 is 4.90 Å². The third-order valence-corrected chi connectivity index (χ3v) is 3.41. The van der Waals surface area contributed by atoms with Crippen LogP contribution in [-0.4, -0.2) is 28.5 Å². The van der Waals surface area contributed by atoms with E-state index in [9.17, 15) is 9.59 Å². The predicted octanol–water partition coefficient (Wildman–Crippen LogP) is 2.98. The van der Waals surface area contributed by atoms with Gasteiger partial charge in [0, 0.05) is 25.1 Å². The van der Waals surface area contributed by atoms with Crippen molar-refractivity contribution in [2.45, 2.75) is 46.6 Å². The molecule has 0 saturated carbocycles. The van der Waals surface area contributed by atoms with Gasteiger partial charge in [0.1, 0.15) is 0 Å². The van der Waals surface area contributed by atoms with Gasteiger partial charge in [-0.25, -0.2) is 5.48 Å². The van der Waals surface area contributed by atoms with E-state index in [1.807, 2.05) is 30.9 Å². The van der Waals surface area contributed by atoms with Crippen molar-refractivity contribution in [3.8, 4) is 0 Å². The van der Waals surface area contributed by atoms with Crippen molar-refractivity contribution >= 4 is 11.8 Å². The van der Waals surface area contributed by atoms with Crippen molar-refractivity contribution in [3.05, 3.63) is 35.4 Å². The van der Waals surface area contributed by atoms with E-state index in [-0.39, 0.29) is 5.91 Å². The van der Waals surface area contributed by atoms with E-state index < -0.39 is 5.91 Å². The molecule has 0 aliphatic carbocycles. The molecule has 22 heavy (non-hydrogen) atoms. The molecule has 0 radical (unpaired) electrons. The third-order valence-electron chi connectivity index (χ3n) is 3.41. The lowest BCUT2D eigenvalue weighted by atomic mass is 10.1. The Labute approximate surface area is 132 Å². The van der Waals surface area contributed by atoms with E-state index in [0.29, 0.717) is 24.4 Å².